The van der Waals surface area contributed by atoms with Crippen LogP contribution in [-0.4, -0.2) is 15.8 Å². The smallest absolute Gasteiger partial charge is 0.0543 e. The standard InChI is InChI=1S/C14H17Cl2N3S/c1-3-12(17)14(9-7-18-19(2)8-9)20-13-6-10(15)4-5-11(13)16/h4-8,12,14H,3,17H2,1-2H3. The van der Waals surface area contributed by atoms with E-state index in [2.05, 4.69) is 12.0 Å². The number of hydrogen-bond donors (Lipinski definition) is 1. The van der Waals surface area contributed by atoms with Gasteiger partial charge in [-0.1, -0.05) is 30.1 Å². The second-order valence-electron chi connectivity index (χ2n) is 4.63. The zero-order chi connectivity index (χ0) is 14.7. The van der Waals surface area contributed by atoms with Crippen molar-refractivity contribution in [1.29, 1.82) is 0 Å². The van der Waals surface area contributed by atoms with E-state index < -0.39 is 0 Å². The molecule has 20 heavy (non-hydrogen) atoms. The lowest BCUT2D eigenvalue weighted by Gasteiger charge is -2.22. The van der Waals surface area contributed by atoms with E-state index in [1.165, 1.54) is 0 Å². The van der Waals surface area contributed by atoms with Crippen molar-refractivity contribution in [2.75, 3.05) is 0 Å². The highest BCUT2D eigenvalue weighted by Gasteiger charge is 2.22. The van der Waals surface area contributed by atoms with Crippen LogP contribution < -0.4 is 5.73 Å². The molecule has 2 unspecified atom stereocenters. The number of aromatic nitrogens is 2. The van der Waals surface area contributed by atoms with Crippen LogP contribution in [0.1, 0.15) is 24.2 Å². The molecule has 0 saturated carbocycles. The van der Waals surface area contributed by atoms with Gasteiger partial charge in [0, 0.05) is 34.8 Å². The molecular weight excluding hydrogens is 313 g/mol. The van der Waals surface area contributed by atoms with Gasteiger partial charge in [-0.05, 0) is 24.6 Å². The molecule has 0 fully saturated rings. The summed E-state index contributed by atoms with van der Waals surface area (Å²) in [5.41, 5.74) is 7.36. The highest BCUT2D eigenvalue weighted by Crippen LogP contribution is 2.41. The summed E-state index contributed by atoms with van der Waals surface area (Å²) in [5, 5.41) is 5.69. The fourth-order valence-corrected chi connectivity index (χ4v) is 3.67. The van der Waals surface area contributed by atoms with E-state index >= 15 is 0 Å². The Morgan fingerprint density at radius 3 is 2.75 bits per heavy atom. The second kappa shape index (κ2) is 6.85. The molecule has 2 N–H and O–H groups in total. The molecule has 108 valence electrons. The van der Waals surface area contributed by atoms with E-state index in [0.717, 1.165) is 16.9 Å². The number of rotatable bonds is 5. The van der Waals surface area contributed by atoms with Gasteiger partial charge in [-0.3, -0.25) is 4.68 Å². The molecule has 0 aliphatic carbocycles. The predicted molar refractivity (Wildman–Crippen MR) is 86.5 cm³/mol. The monoisotopic (exact) mass is 329 g/mol. The third-order valence-electron chi connectivity index (χ3n) is 3.06. The molecule has 0 aliphatic rings. The average Bonchev–Trinajstić information content (AvgIpc) is 2.85. The van der Waals surface area contributed by atoms with Gasteiger partial charge in [0.05, 0.1) is 16.5 Å². The van der Waals surface area contributed by atoms with Crippen molar-refractivity contribution < 1.29 is 0 Å². The van der Waals surface area contributed by atoms with Gasteiger partial charge in [-0.2, -0.15) is 5.10 Å². The number of aryl methyl sites for hydroxylation is 1. The van der Waals surface area contributed by atoms with Crippen LogP contribution in [0.3, 0.4) is 0 Å². The molecule has 0 amide bonds. The van der Waals surface area contributed by atoms with Gasteiger partial charge in [-0.25, -0.2) is 0 Å². The Morgan fingerprint density at radius 1 is 1.40 bits per heavy atom. The number of nitrogens with two attached hydrogens (primary N) is 1. The van der Waals surface area contributed by atoms with Crippen molar-refractivity contribution in [3.05, 3.63) is 46.2 Å². The molecule has 0 saturated heterocycles. The van der Waals surface area contributed by atoms with Crippen LogP contribution in [0.5, 0.6) is 0 Å². The largest absolute Gasteiger partial charge is 0.326 e. The summed E-state index contributed by atoms with van der Waals surface area (Å²) in [7, 11) is 1.90. The van der Waals surface area contributed by atoms with Gasteiger partial charge in [0.2, 0.25) is 0 Å². The van der Waals surface area contributed by atoms with Gasteiger partial charge >= 0.3 is 0 Å². The molecule has 1 aromatic carbocycles. The Balaban J connectivity index is 2.30. The second-order valence-corrected chi connectivity index (χ2v) is 6.66. The van der Waals surface area contributed by atoms with Crippen LogP contribution in [0.25, 0.3) is 0 Å². The highest BCUT2D eigenvalue weighted by atomic mass is 35.5. The molecule has 0 bridgehead atoms. The maximum absolute atomic E-state index is 6.26. The van der Waals surface area contributed by atoms with Crippen LogP contribution in [0.15, 0.2) is 35.5 Å². The molecular formula is C14H17Cl2N3S. The van der Waals surface area contributed by atoms with E-state index in [1.54, 1.807) is 22.5 Å². The van der Waals surface area contributed by atoms with Crippen molar-refractivity contribution in [1.82, 2.24) is 9.78 Å². The van der Waals surface area contributed by atoms with E-state index in [9.17, 15) is 0 Å². The Kier molecular flexibility index (Phi) is 5.38. The number of benzene rings is 1. The van der Waals surface area contributed by atoms with Crippen molar-refractivity contribution in [2.24, 2.45) is 12.8 Å². The fraction of sp³-hybridized carbons (Fsp3) is 0.357. The van der Waals surface area contributed by atoms with Gasteiger partial charge in [0.15, 0.2) is 0 Å². The topological polar surface area (TPSA) is 43.8 Å². The Labute approximate surface area is 133 Å². The van der Waals surface area contributed by atoms with Crippen LogP contribution in [0.4, 0.5) is 0 Å². The van der Waals surface area contributed by atoms with Crippen LogP contribution in [-0.2, 0) is 7.05 Å². The maximum atomic E-state index is 6.26. The Bertz CT molecular complexity index is 586. The first kappa shape index (κ1) is 15.7. The molecule has 1 aromatic heterocycles. The molecule has 2 rings (SSSR count). The molecule has 1 heterocycles. The average molecular weight is 330 g/mol. The lowest BCUT2D eigenvalue weighted by atomic mass is 10.1. The van der Waals surface area contributed by atoms with E-state index in [-0.39, 0.29) is 11.3 Å². The van der Waals surface area contributed by atoms with Crippen LogP contribution in [0.2, 0.25) is 10.0 Å². The highest BCUT2D eigenvalue weighted by molar-refractivity contribution is 7.99. The molecule has 3 nitrogen and oxygen atoms in total. The molecule has 6 heteroatoms. The van der Waals surface area contributed by atoms with Gasteiger partial charge in [0.1, 0.15) is 0 Å². The van der Waals surface area contributed by atoms with Gasteiger partial charge in [0.25, 0.3) is 0 Å². The van der Waals surface area contributed by atoms with E-state index in [1.807, 2.05) is 31.6 Å². The number of thioether (sulfide) groups is 1. The van der Waals surface area contributed by atoms with Crippen molar-refractivity contribution in [3.63, 3.8) is 0 Å². The first-order chi connectivity index (χ1) is 9.51. The van der Waals surface area contributed by atoms with Crippen LogP contribution >= 0.6 is 35.0 Å². The van der Waals surface area contributed by atoms with Crippen LogP contribution in [0, 0.1) is 0 Å². The van der Waals surface area contributed by atoms with E-state index in [4.69, 9.17) is 28.9 Å². The maximum Gasteiger partial charge on any atom is 0.0543 e. The first-order valence-electron chi connectivity index (χ1n) is 6.37. The fourth-order valence-electron chi connectivity index (χ4n) is 1.91. The molecule has 0 spiro atoms. The summed E-state index contributed by atoms with van der Waals surface area (Å²) >= 11 is 13.9. The zero-order valence-corrected chi connectivity index (χ0v) is 13.7. The van der Waals surface area contributed by atoms with Gasteiger partial charge in [-0.15, -0.1) is 11.8 Å². The molecule has 2 atom stereocenters. The minimum absolute atomic E-state index is 0.0271. The number of nitrogens with zero attached hydrogens (tertiary/aromatic N) is 2. The Hall–Kier alpha value is -0.680. The quantitative estimate of drug-likeness (QED) is 0.832. The number of hydrogen-bond acceptors (Lipinski definition) is 3. The number of halogens is 2. The van der Waals surface area contributed by atoms with E-state index in [0.29, 0.717) is 10.0 Å². The van der Waals surface area contributed by atoms with Gasteiger partial charge < -0.3 is 5.73 Å². The molecule has 0 radical (unpaired) electrons. The first-order valence-corrected chi connectivity index (χ1v) is 8.00. The summed E-state index contributed by atoms with van der Waals surface area (Å²) < 4.78 is 1.78. The van der Waals surface area contributed by atoms with Crippen molar-refractivity contribution in [2.45, 2.75) is 29.5 Å². The molecule has 0 aliphatic heterocycles. The lowest BCUT2D eigenvalue weighted by Crippen LogP contribution is -2.25. The molecule has 2 aromatic rings. The SMILES string of the molecule is CCC(N)C(Sc1cc(Cl)ccc1Cl)c1cnn(C)c1. The predicted octanol–water partition coefficient (Wildman–Crippen LogP) is 4.30. The summed E-state index contributed by atoms with van der Waals surface area (Å²) in [5.74, 6) is 0. The lowest BCUT2D eigenvalue weighted by molar-refractivity contribution is 0.633. The summed E-state index contributed by atoms with van der Waals surface area (Å²) in [6, 6.07) is 5.50. The van der Waals surface area contributed by atoms with Crippen molar-refractivity contribution in [3.8, 4) is 0 Å². The normalized spacial score (nSPS) is 14.2. The third-order valence-corrected chi connectivity index (χ3v) is 5.20. The minimum atomic E-state index is 0.0271. The summed E-state index contributed by atoms with van der Waals surface area (Å²) in [4.78, 5) is 0.942. The zero-order valence-electron chi connectivity index (χ0n) is 11.4. The third kappa shape index (κ3) is 3.70. The minimum Gasteiger partial charge on any atom is -0.326 e. The Morgan fingerprint density at radius 2 is 2.15 bits per heavy atom. The summed E-state index contributed by atoms with van der Waals surface area (Å²) in [6.07, 6.45) is 4.72. The summed E-state index contributed by atoms with van der Waals surface area (Å²) in [6.45, 7) is 2.08. The van der Waals surface area contributed by atoms with Crippen molar-refractivity contribution >= 4 is 35.0 Å².